The van der Waals surface area contributed by atoms with Crippen LogP contribution >= 0.6 is 0 Å². The largest absolute Gasteiger partial charge is 0.480 e. The number of nitrogens with two attached hydrogens (primary N) is 4. The van der Waals surface area contributed by atoms with Crippen LogP contribution in [-0.2, 0) is 60.7 Å². The molecule has 0 radical (unpaired) electrons. The molecular formula is C44H66N10O11. The van der Waals surface area contributed by atoms with Crippen molar-refractivity contribution >= 4 is 53.2 Å². The van der Waals surface area contributed by atoms with Gasteiger partial charge in [0.2, 0.25) is 47.3 Å². The number of fused-ring (bicyclic) bond motifs is 1. The van der Waals surface area contributed by atoms with Crippen LogP contribution in [0.4, 0.5) is 0 Å². The Morgan fingerprint density at radius 1 is 0.785 bits per heavy atom. The Balaban J connectivity index is 0.000000339. The third-order valence-corrected chi connectivity index (χ3v) is 10.7. The monoisotopic (exact) mass is 910 g/mol. The Morgan fingerprint density at radius 2 is 1.32 bits per heavy atom. The second-order valence-corrected chi connectivity index (χ2v) is 15.7. The zero-order valence-corrected chi connectivity index (χ0v) is 37.5. The molecule has 2 aliphatic rings. The molecule has 21 heteroatoms. The number of unbranched alkanes of at least 4 members (excludes halogenated alkanes) is 1. The summed E-state index contributed by atoms with van der Waals surface area (Å²) in [7, 11) is 3.09. The number of piperidine rings is 1. The number of nitrogens with one attached hydrogen (secondary N) is 5. The van der Waals surface area contributed by atoms with Crippen molar-refractivity contribution in [2.45, 2.75) is 121 Å². The summed E-state index contributed by atoms with van der Waals surface area (Å²) in [5.74, 6) is -4.26. The van der Waals surface area contributed by atoms with E-state index in [-0.39, 0.29) is 61.3 Å². The molecule has 65 heavy (non-hydrogen) atoms. The molecule has 2 aromatic rings. The number of carbonyl (C=O) groups is 9. The number of ether oxygens (including phenoxy) is 1. The van der Waals surface area contributed by atoms with E-state index >= 15 is 0 Å². The van der Waals surface area contributed by atoms with E-state index in [1.54, 1.807) is 37.4 Å². The molecule has 0 aliphatic carbocycles. The first kappa shape index (κ1) is 54.7. The number of primary amides is 2. The van der Waals surface area contributed by atoms with Crippen LogP contribution in [0.1, 0.15) is 76.3 Å². The molecule has 8 atom stereocenters. The predicted octanol–water partition coefficient (Wildman–Crippen LogP) is -1.56. The molecule has 1 unspecified atom stereocenters. The van der Waals surface area contributed by atoms with Gasteiger partial charge in [0, 0.05) is 39.8 Å². The number of likely N-dealkylation sites (N-methyl/N-ethyl adjacent to an activating group) is 1. The van der Waals surface area contributed by atoms with Crippen molar-refractivity contribution in [2.24, 2.45) is 28.9 Å². The van der Waals surface area contributed by atoms with Gasteiger partial charge >= 0.3 is 5.97 Å². The van der Waals surface area contributed by atoms with Gasteiger partial charge in [-0.3, -0.25) is 38.4 Å². The van der Waals surface area contributed by atoms with Crippen LogP contribution in [-0.4, -0.2) is 126 Å². The highest BCUT2D eigenvalue weighted by Crippen LogP contribution is 2.28. The number of rotatable bonds is 21. The number of amides is 8. The van der Waals surface area contributed by atoms with Crippen molar-refractivity contribution in [3.63, 3.8) is 0 Å². The standard InChI is InChI=1S/C16H26N4O5.C15H23N3O2.C13H17N3O4/c1-17-12(21)5-3-4-6-13(22)19-10-7-8-14-20(16(10)24)11(9-25-14)15(23)18-2;1-3-10(2)13(16)15(20)18-12(14(17)19)9-11-7-5-4-6-8-11;14-9(7-11(15)17)12(18)16-10(13(19)20)6-8-4-2-1-3-5-8/h10-11,14H,3-9H2,1-2H3,(H,17,21)(H,18,23)(H,19,22);4-8,10,12-13H,3,9,16H2,1-2H3,(H2,17,19)(H,18,20);1-5,9-10H,6-7,14H2,(H2,15,17)(H,16,18)(H,19,20)/t10-,11?,14-;10-,12-,13-;9-,10-/m000/s1. The molecule has 2 fully saturated rings. The third-order valence-electron chi connectivity index (χ3n) is 10.7. The van der Waals surface area contributed by atoms with E-state index < -0.39 is 66.2 Å². The highest BCUT2D eigenvalue weighted by molar-refractivity contribution is 5.93. The Morgan fingerprint density at radius 3 is 1.82 bits per heavy atom. The fraction of sp³-hybridized carbons (Fsp3) is 0.523. The molecule has 358 valence electrons. The van der Waals surface area contributed by atoms with Gasteiger partial charge in [-0.15, -0.1) is 0 Å². The predicted molar refractivity (Wildman–Crippen MR) is 238 cm³/mol. The van der Waals surface area contributed by atoms with Crippen molar-refractivity contribution in [1.82, 2.24) is 31.5 Å². The topological polar surface area (TPSA) is 351 Å². The molecule has 2 aliphatic heterocycles. The Bertz CT molecular complexity index is 1910. The maximum Gasteiger partial charge on any atom is 0.326 e. The van der Waals surface area contributed by atoms with E-state index in [2.05, 4.69) is 26.6 Å². The van der Waals surface area contributed by atoms with Gasteiger partial charge in [0.25, 0.3) is 0 Å². The van der Waals surface area contributed by atoms with Gasteiger partial charge in [-0.05, 0) is 42.7 Å². The highest BCUT2D eigenvalue weighted by Gasteiger charge is 2.47. The van der Waals surface area contributed by atoms with E-state index in [9.17, 15) is 43.2 Å². The zero-order chi connectivity index (χ0) is 48.6. The summed E-state index contributed by atoms with van der Waals surface area (Å²) in [4.78, 5) is 106. The second-order valence-electron chi connectivity index (χ2n) is 15.7. The molecule has 0 bridgehead atoms. The summed E-state index contributed by atoms with van der Waals surface area (Å²) in [6.07, 6.45) is 3.49. The first-order valence-electron chi connectivity index (χ1n) is 21.5. The summed E-state index contributed by atoms with van der Waals surface area (Å²) in [6.45, 7) is 4.05. The Labute approximate surface area is 378 Å². The van der Waals surface area contributed by atoms with Crippen LogP contribution in [0.5, 0.6) is 0 Å². The van der Waals surface area contributed by atoms with E-state index in [1.807, 2.05) is 44.2 Å². The summed E-state index contributed by atoms with van der Waals surface area (Å²) in [5, 5.41) is 21.8. The molecule has 2 saturated heterocycles. The molecule has 14 N–H and O–H groups in total. The average Bonchev–Trinajstić information content (AvgIpc) is 3.73. The molecule has 0 aromatic heterocycles. The Kier molecular flexibility index (Phi) is 23.9. The molecular weight excluding hydrogens is 845 g/mol. The summed E-state index contributed by atoms with van der Waals surface area (Å²) >= 11 is 0. The van der Waals surface area contributed by atoms with E-state index in [4.69, 9.17) is 32.8 Å². The van der Waals surface area contributed by atoms with Gasteiger partial charge < -0.3 is 64.3 Å². The third kappa shape index (κ3) is 19.1. The summed E-state index contributed by atoms with van der Waals surface area (Å²) in [5.41, 5.74) is 23.3. The lowest BCUT2D eigenvalue weighted by Crippen LogP contribution is -2.59. The first-order valence-corrected chi connectivity index (χ1v) is 21.5. The number of aliphatic carboxylic acids is 1. The zero-order valence-electron chi connectivity index (χ0n) is 37.5. The lowest BCUT2D eigenvalue weighted by molar-refractivity contribution is -0.150. The lowest BCUT2D eigenvalue weighted by atomic mass is 9.98. The van der Waals surface area contributed by atoms with E-state index in [0.29, 0.717) is 38.5 Å². The minimum atomic E-state index is -1.17. The number of hydrogen-bond donors (Lipinski definition) is 10. The van der Waals surface area contributed by atoms with Crippen molar-refractivity contribution in [3.8, 4) is 0 Å². The fourth-order valence-corrected chi connectivity index (χ4v) is 6.65. The number of nitrogens with zero attached hydrogens (tertiary/aromatic N) is 1. The molecule has 2 aromatic carbocycles. The molecule has 21 nitrogen and oxygen atoms in total. The van der Waals surface area contributed by atoms with Crippen LogP contribution < -0.4 is 49.5 Å². The molecule has 4 rings (SSSR count). The van der Waals surface area contributed by atoms with Gasteiger partial charge in [0.15, 0.2) is 0 Å². The van der Waals surface area contributed by atoms with Crippen molar-refractivity contribution in [2.75, 3.05) is 20.7 Å². The van der Waals surface area contributed by atoms with Crippen molar-refractivity contribution in [1.29, 1.82) is 0 Å². The molecule has 2 heterocycles. The highest BCUT2D eigenvalue weighted by atomic mass is 16.5. The average molecular weight is 911 g/mol. The van der Waals surface area contributed by atoms with Crippen LogP contribution in [0.15, 0.2) is 60.7 Å². The van der Waals surface area contributed by atoms with E-state index in [1.165, 1.54) is 11.9 Å². The van der Waals surface area contributed by atoms with Gasteiger partial charge in [-0.2, -0.15) is 0 Å². The minimum absolute atomic E-state index is 0.0526. The lowest BCUT2D eigenvalue weighted by Gasteiger charge is -2.35. The fourth-order valence-electron chi connectivity index (χ4n) is 6.65. The smallest absolute Gasteiger partial charge is 0.326 e. The maximum atomic E-state index is 12.6. The first-order chi connectivity index (χ1) is 30.8. The van der Waals surface area contributed by atoms with Crippen LogP contribution in [0.2, 0.25) is 0 Å². The molecule has 0 spiro atoms. The Hall–Kier alpha value is -6.45. The van der Waals surface area contributed by atoms with Gasteiger partial charge in [-0.1, -0.05) is 80.9 Å². The number of carboxylic acids is 1. The molecule has 8 amide bonds. The number of carbonyl (C=O) groups excluding carboxylic acids is 8. The van der Waals surface area contributed by atoms with Crippen molar-refractivity contribution in [3.05, 3.63) is 71.8 Å². The molecule has 0 saturated carbocycles. The number of benzene rings is 2. The van der Waals surface area contributed by atoms with Gasteiger partial charge in [-0.25, -0.2) is 4.79 Å². The SMILES string of the molecule is CC[C@H](C)[C@H](N)C(=O)N[C@@H](Cc1ccccc1)C(N)=O.CNC(=O)CCCCC(=O)N[C@H]1CC[C@@H]2OCC(C(=O)NC)N2C1=O.NC(=O)C[C@H](N)C(=O)N[C@@H](Cc1ccccc1)C(=O)O. The minimum Gasteiger partial charge on any atom is -0.480 e. The second kappa shape index (κ2) is 28.4. The van der Waals surface area contributed by atoms with Crippen LogP contribution in [0.25, 0.3) is 0 Å². The van der Waals surface area contributed by atoms with Crippen LogP contribution in [0, 0.1) is 5.92 Å². The number of hydrogen-bond acceptors (Lipinski definition) is 12. The summed E-state index contributed by atoms with van der Waals surface area (Å²) < 4.78 is 5.52. The van der Waals surface area contributed by atoms with Gasteiger partial charge in [0.1, 0.15) is 30.4 Å². The maximum absolute atomic E-state index is 12.6. The summed E-state index contributed by atoms with van der Waals surface area (Å²) in [6, 6.07) is 13.4. The van der Waals surface area contributed by atoms with E-state index in [0.717, 1.165) is 17.5 Å². The normalized spacial score (nSPS) is 18.5. The van der Waals surface area contributed by atoms with Gasteiger partial charge in [0.05, 0.1) is 25.1 Å². The van der Waals surface area contributed by atoms with Crippen molar-refractivity contribution < 1.29 is 53.0 Å². The quantitative estimate of drug-likeness (QED) is 0.0635. The van der Waals surface area contributed by atoms with Crippen LogP contribution in [0.3, 0.4) is 0 Å². The number of carboxylic acid groups (broad SMARTS) is 1.